The molecule has 5 nitrogen and oxygen atoms in total. The van der Waals surface area contributed by atoms with Crippen LogP contribution in [0.15, 0.2) is 24.3 Å². The van der Waals surface area contributed by atoms with Crippen molar-refractivity contribution in [2.75, 3.05) is 23.1 Å². The number of nitrogens with zero attached hydrogens (tertiary/aromatic N) is 1. The first kappa shape index (κ1) is 17.2. The molecule has 2 N–H and O–H groups in total. The van der Waals surface area contributed by atoms with E-state index < -0.39 is 10.0 Å². The van der Waals surface area contributed by atoms with Gasteiger partial charge in [-0.2, -0.15) is 0 Å². The average molecular weight is 326 g/mol. The molecule has 1 fully saturated rings. The van der Waals surface area contributed by atoms with Crippen LogP contribution in [0.25, 0.3) is 0 Å². The van der Waals surface area contributed by atoms with Crippen molar-refractivity contribution in [1.29, 1.82) is 0 Å². The molecule has 2 rings (SSSR count). The number of anilines is 1. The molecule has 124 valence electrons. The lowest BCUT2D eigenvalue weighted by Crippen LogP contribution is -2.29. The molecule has 2 atom stereocenters. The number of aliphatic hydroxyl groups excluding tert-OH is 1. The van der Waals surface area contributed by atoms with Crippen LogP contribution < -0.4 is 9.62 Å². The maximum atomic E-state index is 11.9. The zero-order chi connectivity index (χ0) is 16.2. The maximum absolute atomic E-state index is 11.9. The van der Waals surface area contributed by atoms with Crippen LogP contribution >= 0.6 is 0 Å². The third-order valence-corrected chi connectivity index (χ3v) is 5.93. The second kappa shape index (κ2) is 7.44. The zero-order valence-electron chi connectivity index (χ0n) is 13.3. The van der Waals surface area contributed by atoms with Crippen LogP contribution in [0.2, 0.25) is 0 Å². The summed E-state index contributed by atoms with van der Waals surface area (Å²) in [5.74, 6) is 0.238. The van der Waals surface area contributed by atoms with E-state index in [0.29, 0.717) is 19.5 Å². The fourth-order valence-electron chi connectivity index (χ4n) is 2.72. The van der Waals surface area contributed by atoms with Gasteiger partial charge < -0.3 is 10.4 Å². The van der Waals surface area contributed by atoms with Crippen molar-refractivity contribution < 1.29 is 13.5 Å². The van der Waals surface area contributed by atoms with Gasteiger partial charge in [0, 0.05) is 19.1 Å². The largest absolute Gasteiger partial charge is 0.392 e. The van der Waals surface area contributed by atoms with E-state index in [4.69, 9.17) is 0 Å². The van der Waals surface area contributed by atoms with Crippen molar-refractivity contribution in [3.05, 3.63) is 29.8 Å². The number of hydrogen-bond donors (Lipinski definition) is 2. The number of sulfonamides is 1. The molecular weight excluding hydrogens is 300 g/mol. The number of benzene rings is 1. The first-order valence-electron chi connectivity index (χ1n) is 7.96. The van der Waals surface area contributed by atoms with Gasteiger partial charge in [0.2, 0.25) is 10.0 Å². The highest BCUT2D eigenvalue weighted by molar-refractivity contribution is 7.93. The molecule has 22 heavy (non-hydrogen) atoms. The minimum absolute atomic E-state index is 0.121. The Bertz CT molecular complexity index is 572. The monoisotopic (exact) mass is 326 g/mol. The van der Waals surface area contributed by atoms with Gasteiger partial charge in [-0.15, -0.1) is 0 Å². The van der Waals surface area contributed by atoms with Crippen LogP contribution in [-0.2, 0) is 10.0 Å². The van der Waals surface area contributed by atoms with Crippen molar-refractivity contribution in [1.82, 2.24) is 5.32 Å². The Kier molecular flexibility index (Phi) is 5.83. The van der Waals surface area contributed by atoms with Crippen LogP contribution in [-0.4, -0.2) is 38.5 Å². The van der Waals surface area contributed by atoms with E-state index in [2.05, 4.69) is 12.2 Å². The smallest absolute Gasteiger partial charge is 0.235 e. The van der Waals surface area contributed by atoms with E-state index in [-0.39, 0.29) is 17.9 Å². The molecular formula is C16H26N2O3S. The van der Waals surface area contributed by atoms with Crippen LogP contribution in [0.5, 0.6) is 0 Å². The Morgan fingerprint density at radius 2 is 2.00 bits per heavy atom. The molecule has 0 amide bonds. The van der Waals surface area contributed by atoms with Crippen molar-refractivity contribution in [2.45, 2.75) is 45.3 Å². The Balaban J connectivity index is 1.97. The Hall–Kier alpha value is -1.11. The standard InChI is InChI=1S/C16H26N2O3S/c1-3-5-16(19)12-17-13(2)14-6-8-15(9-7-14)18-10-4-11-22(18,20)21/h6-9,13,16-17,19H,3-5,10-12H2,1-2H3. The minimum atomic E-state index is -3.12. The van der Waals surface area contributed by atoms with E-state index in [1.54, 1.807) is 0 Å². The van der Waals surface area contributed by atoms with Crippen LogP contribution in [0, 0.1) is 0 Å². The molecule has 0 saturated carbocycles. The summed E-state index contributed by atoms with van der Waals surface area (Å²) < 4.78 is 25.3. The van der Waals surface area contributed by atoms with Gasteiger partial charge in [-0.05, 0) is 37.5 Å². The SMILES string of the molecule is CCCC(O)CNC(C)c1ccc(N2CCCS2(=O)=O)cc1. The molecule has 0 aliphatic carbocycles. The normalized spacial score (nSPS) is 20.0. The lowest BCUT2D eigenvalue weighted by molar-refractivity contribution is 0.157. The summed E-state index contributed by atoms with van der Waals surface area (Å²) in [6, 6.07) is 7.74. The Labute approximate surface area is 133 Å². The molecule has 1 aliphatic rings. The molecule has 0 spiro atoms. The summed E-state index contributed by atoms with van der Waals surface area (Å²) in [5, 5.41) is 13.1. The predicted molar refractivity (Wildman–Crippen MR) is 89.5 cm³/mol. The Morgan fingerprint density at radius 1 is 1.32 bits per heavy atom. The van der Waals surface area contributed by atoms with Gasteiger partial charge in [0.1, 0.15) is 0 Å². The summed E-state index contributed by atoms with van der Waals surface area (Å²) in [5.41, 5.74) is 1.82. The van der Waals surface area contributed by atoms with Gasteiger partial charge >= 0.3 is 0 Å². The van der Waals surface area contributed by atoms with Gasteiger partial charge in [-0.3, -0.25) is 4.31 Å². The molecule has 0 radical (unpaired) electrons. The number of rotatable bonds is 7. The summed E-state index contributed by atoms with van der Waals surface area (Å²) >= 11 is 0. The van der Waals surface area contributed by atoms with E-state index in [1.807, 2.05) is 31.2 Å². The molecule has 2 unspecified atom stereocenters. The number of hydrogen-bond acceptors (Lipinski definition) is 4. The van der Waals surface area contributed by atoms with E-state index >= 15 is 0 Å². The van der Waals surface area contributed by atoms with Gasteiger partial charge in [-0.25, -0.2) is 8.42 Å². The molecule has 0 bridgehead atoms. The highest BCUT2D eigenvalue weighted by Gasteiger charge is 2.28. The van der Waals surface area contributed by atoms with Crippen molar-refractivity contribution in [3.63, 3.8) is 0 Å². The van der Waals surface area contributed by atoms with Gasteiger partial charge in [0.25, 0.3) is 0 Å². The molecule has 1 heterocycles. The number of nitrogens with one attached hydrogen (secondary N) is 1. The molecule has 1 saturated heterocycles. The van der Waals surface area contributed by atoms with Gasteiger partial charge in [-0.1, -0.05) is 25.5 Å². The third kappa shape index (κ3) is 4.21. The van der Waals surface area contributed by atoms with Crippen LogP contribution in [0.4, 0.5) is 5.69 Å². The molecule has 1 aromatic rings. The Morgan fingerprint density at radius 3 is 2.55 bits per heavy atom. The average Bonchev–Trinajstić information content (AvgIpc) is 2.85. The van der Waals surface area contributed by atoms with E-state index in [0.717, 1.165) is 24.1 Å². The summed E-state index contributed by atoms with van der Waals surface area (Å²) in [6.07, 6.45) is 2.14. The quantitative estimate of drug-likeness (QED) is 0.804. The molecule has 0 aromatic heterocycles. The third-order valence-electron chi connectivity index (χ3n) is 4.06. The van der Waals surface area contributed by atoms with Crippen molar-refractivity contribution in [2.24, 2.45) is 0 Å². The lowest BCUT2D eigenvalue weighted by atomic mass is 10.1. The van der Waals surface area contributed by atoms with Gasteiger partial charge in [0.05, 0.1) is 17.5 Å². The van der Waals surface area contributed by atoms with E-state index in [9.17, 15) is 13.5 Å². The second-order valence-corrected chi connectivity index (χ2v) is 7.92. The first-order chi connectivity index (χ1) is 10.4. The van der Waals surface area contributed by atoms with Crippen molar-refractivity contribution in [3.8, 4) is 0 Å². The lowest BCUT2D eigenvalue weighted by Gasteiger charge is -2.20. The van der Waals surface area contributed by atoms with Crippen LogP contribution in [0.3, 0.4) is 0 Å². The summed E-state index contributed by atoms with van der Waals surface area (Å²) in [7, 11) is -3.12. The molecule has 6 heteroatoms. The number of aliphatic hydroxyl groups is 1. The fraction of sp³-hybridized carbons (Fsp3) is 0.625. The van der Waals surface area contributed by atoms with Crippen molar-refractivity contribution >= 4 is 15.7 Å². The molecule has 1 aliphatic heterocycles. The topological polar surface area (TPSA) is 69.6 Å². The van der Waals surface area contributed by atoms with Crippen LogP contribution in [0.1, 0.15) is 44.7 Å². The zero-order valence-corrected chi connectivity index (χ0v) is 14.1. The first-order valence-corrected chi connectivity index (χ1v) is 9.57. The minimum Gasteiger partial charge on any atom is -0.392 e. The fourth-order valence-corrected chi connectivity index (χ4v) is 4.29. The molecule has 1 aromatic carbocycles. The summed E-state index contributed by atoms with van der Waals surface area (Å²) in [4.78, 5) is 0. The highest BCUT2D eigenvalue weighted by atomic mass is 32.2. The predicted octanol–water partition coefficient (Wildman–Crippen LogP) is 2.04. The maximum Gasteiger partial charge on any atom is 0.235 e. The summed E-state index contributed by atoms with van der Waals surface area (Å²) in [6.45, 7) is 5.23. The van der Waals surface area contributed by atoms with E-state index in [1.165, 1.54) is 4.31 Å². The second-order valence-electron chi connectivity index (χ2n) is 5.91. The van der Waals surface area contributed by atoms with Gasteiger partial charge in [0.15, 0.2) is 0 Å². The highest BCUT2D eigenvalue weighted by Crippen LogP contribution is 2.25.